The normalized spacial score (nSPS) is 11.1. The van der Waals surface area contributed by atoms with Crippen molar-refractivity contribution in [2.75, 3.05) is 0 Å². The smallest absolute Gasteiger partial charge is 0.128 e. The number of aryl methyl sites for hydroxylation is 6. The second-order valence-corrected chi connectivity index (χ2v) is 12.9. The molecule has 54 heavy (non-hydrogen) atoms. The van der Waals surface area contributed by atoms with Crippen molar-refractivity contribution >= 4 is 0 Å². The summed E-state index contributed by atoms with van der Waals surface area (Å²) in [7, 11) is 0. The molecule has 0 atom stereocenters. The standard InChI is InChI=1S/C42H42N12/c1-19-43-37(44-20-1)13-7-31-32(8-14-38-45-21-2-22-46-38)34(10-16-40-49-25-4-26-50-40)36(12-18-42-53-29-6-30-54-42)35(11-17-41-51-27-5-28-52-41)33(31)9-15-39-47-23-3-24-48-39/h1-6,19-30H,7-18H2. The lowest BCUT2D eigenvalue weighted by molar-refractivity contribution is 0.735. The maximum atomic E-state index is 4.62. The van der Waals surface area contributed by atoms with Gasteiger partial charge in [-0.2, -0.15) is 0 Å². The van der Waals surface area contributed by atoms with Crippen LogP contribution in [0, 0.1) is 0 Å². The first kappa shape index (κ1) is 36.1. The summed E-state index contributed by atoms with van der Waals surface area (Å²) in [5.74, 6) is 4.89. The molecule has 12 heteroatoms. The van der Waals surface area contributed by atoms with E-state index in [9.17, 15) is 0 Å². The van der Waals surface area contributed by atoms with E-state index < -0.39 is 0 Å². The lowest BCUT2D eigenvalue weighted by atomic mass is 9.77. The minimum atomic E-state index is 0.699. The number of nitrogens with zero attached hydrogens (tertiary/aromatic N) is 12. The van der Waals surface area contributed by atoms with E-state index in [0.717, 1.165) is 73.5 Å². The molecule has 0 saturated heterocycles. The van der Waals surface area contributed by atoms with E-state index in [1.54, 1.807) is 0 Å². The van der Waals surface area contributed by atoms with Gasteiger partial charge in [-0.1, -0.05) is 0 Å². The number of benzene rings is 1. The summed E-state index contributed by atoms with van der Waals surface area (Å²) in [4.78, 5) is 55.4. The van der Waals surface area contributed by atoms with Crippen LogP contribution in [0.5, 0.6) is 0 Å². The van der Waals surface area contributed by atoms with Crippen LogP contribution in [0.2, 0.25) is 0 Å². The Morgan fingerprint density at radius 3 is 0.444 bits per heavy atom. The molecule has 0 aliphatic rings. The van der Waals surface area contributed by atoms with Gasteiger partial charge >= 0.3 is 0 Å². The second kappa shape index (κ2) is 19.0. The van der Waals surface area contributed by atoms with Crippen molar-refractivity contribution in [3.05, 3.63) is 179 Å². The number of rotatable bonds is 18. The molecule has 0 fully saturated rings. The van der Waals surface area contributed by atoms with Gasteiger partial charge in [-0.3, -0.25) is 0 Å². The van der Waals surface area contributed by atoms with E-state index in [4.69, 9.17) is 0 Å². The fraction of sp³-hybridized carbons (Fsp3) is 0.286. The van der Waals surface area contributed by atoms with E-state index in [-0.39, 0.29) is 0 Å². The second-order valence-electron chi connectivity index (χ2n) is 12.9. The van der Waals surface area contributed by atoms with Gasteiger partial charge in [0.2, 0.25) is 0 Å². The molecular formula is C42H42N12. The van der Waals surface area contributed by atoms with Gasteiger partial charge in [0, 0.05) is 113 Å². The van der Waals surface area contributed by atoms with Crippen molar-refractivity contribution in [1.82, 2.24) is 59.8 Å². The molecule has 1 aromatic carbocycles. The zero-order valence-corrected chi connectivity index (χ0v) is 30.2. The summed E-state index contributed by atoms with van der Waals surface area (Å²) in [5, 5.41) is 0. The van der Waals surface area contributed by atoms with Crippen LogP contribution in [0.15, 0.2) is 111 Å². The molecular weight excluding hydrogens is 673 g/mol. The predicted molar refractivity (Wildman–Crippen MR) is 203 cm³/mol. The van der Waals surface area contributed by atoms with Crippen LogP contribution in [-0.4, -0.2) is 59.8 Å². The Labute approximate surface area is 315 Å². The van der Waals surface area contributed by atoms with Gasteiger partial charge in [-0.25, -0.2) is 59.8 Å². The Hall–Kier alpha value is -6.30. The van der Waals surface area contributed by atoms with Crippen LogP contribution < -0.4 is 0 Å². The van der Waals surface area contributed by atoms with Gasteiger partial charge in [0.25, 0.3) is 0 Å². The molecule has 0 unspecified atom stereocenters. The largest absolute Gasteiger partial charge is 0.241 e. The summed E-state index contributed by atoms with van der Waals surface area (Å²) in [5.41, 5.74) is 7.93. The third kappa shape index (κ3) is 9.97. The van der Waals surface area contributed by atoms with E-state index in [1.807, 2.05) is 111 Å². The van der Waals surface area contributed by atoms with E-state index >= 15 is 0 Å². The Balaban J connectivity index is 1.42. The molecule has 0 amide bonds. The van der Waals surface area contributed by atoms with Crippen LogP contribution in [-0.2, 0) is 77.0 Å². The molecule has 0 aliphatic carbocycles. The Morgan fingerprint density at radius 2 is 0.315 bits per heavy atom. The van der Waals surface area contributed by atoms with Gasteiger partial charge in [0.05, 0.1) is 0 Å². The highest BCUT2D eigenvalue weighted by Crippen LogP contribution is 2.34. The van der Waals surface area contributed by atoms with Crippen molar-refractivity contribution in [1.29, 1.82) is 0 Å². The van der Waals surface area contributed by atoms with Gasteiger partial charge in [-0.15, -0.1) is 0 Å². The third-order valence-electron chi connectivity index (χ3n) is 9.49. The Kier molecular flexibility index (Phi) is 12.7. The number of hydrogen-bond acceptors (Lipinski definition) is 12. The highest BCUT2D eigenvalue weighted by Gasteiger charge is 2.25. The molecule has 0 N–H and O–H groups in total. The monoisotopic (exact) mass is 714 g/mol. The molecule has 0 bridgehead atoms. The fourth-order valence-electron chi connectivity index (χ4n) is 7.08. The van der Waals surface area contributed by atoms with Gasteiger partial charge in [0.15, 0.2) is 0 Å². The van der Waals surface area contributed by atoms with Crippen LogP contribution in [0.1, 0.15) is 68.3 Å². The van der Waals surface area contributed by atoms with E-state index in [2.05, 4.69) is 59.8 Å². The molecule has 0 spiro atoms. The summed E-state index contributed by atoms with van der Waals surface area (Å²) in [6.07, 6.45) is 30.6. The topological polar surface area (TPSA) is 155 Å². The van der Waals surface area contributed by atoms with Crippen molar-refractivity contribution in [2.45, 2.75) is 77.0 Å². The maximum absolute atomic E-state index is 4.62. The third-order valence-corrected chi connectivity index (χ3v) is 9.49. The zero-order valence-electron chi connectivity index (χ0n) is 30.2. The highest BCUT2D eigenvalue weighted by atomic mass is 14.9. The van der Waals surface area contributed by atoms with Gasteiger partial charge < -0.3 is 0 Å². The molecule has 7 aromatic rings. The summed E-state index contributed by atoms with van der Waals surface area (Å²) in [6.45, 7) is 0. The molecule has 270 valence electrons. The number of aromatic nitrogens is 12. The Morgan fingerprint density at radius 1 is 0.185 bits per heavy atom. The SMILES string of the molecule is c1cnc(CCc2c(CCc3ncccn3)c(CCc3ncccn3)c(CCc3ncccn3)c(CCc3ncccn3)c2CCc2ncccn2)nc1. The van der Waals surface area contributed by atoms with Crippen molar-refractivity contribution < 1.29 is 0 Å². The molecule has 0 radical (unpaired) electrons. The van der Waals surface area contributed by atoms with E-state index in [0.29, 0.717) is 38.5 Å². The average Bonchev–Trinajstić information content (AvgIpc) is 3.24. The van der Waals surface area contributed by atoms with Crippen molar-refractivity contribution in [3.63, 3.8) is 0 Å². The van der Waals surface area contributed by atoms with Gasteiger partial charge in [0.1, 0.15) is 34.9 Å². The lowest BCUT2D eigenvalue weighted by Gasteiger charge is -2.28. The van der Waals surface area contributed by atoms with Crippen LogP contribution >= 0.6 is 0 Å². The van der Waals surface area contributed by atoms with Crippen molar-refractivity contribution in [3.8, 4) is 0 Å². The van der Waals surface area contributed by atoms with E-state index in [1.165, 1.54) is 33.4 Å². The molecule has 6 aromatic heterocycles. The average molecular weight is 715 g/mol. The van der Waals surface area contributed by atoms with Crippen LogP contribution in [0.3, 0.4) is 0 Å². The first-order chi connectivity index (χ1) is 26.8. The van der Waals surface area contributed by atoms with Crippen LogP contribution in [0.4, 0.5) is 0 Å². The quantitative estimate of drug-likeness (QED) is 0.116. The number of hydrogen-bond donors (Lipinski definition) is 0. The first-order valence-electron chi connectivity index (χ1n) is 18.5. The molecule has 6 heterocycles. The zero-order chi connectivity index (χ0) is 36.6. The van der Waals surface area contributed by atoms with Gasteiger partial charge in [-0.05, 0) is 108 Å². The summed E-state index contributed by atoms with van der Waals surface area (Å²) in [6, 6.07) is 11.2. The molecule has 12 nitrogen and oxygen atoms in total. The Bertz CT molecular complexity index is 1730. The summed E-state index contributed by atoms with van der Waals surface area (Å²) >= 11 is 0. The summed E-state index contributed by atoms with van der Waals surface area (Å²) < 4.78 is 0. The van der Waals surface area contributed by atoms with Crippen LogP contribution in [0.25, 0.3) is 0 Å². The molecule has 7 rings (SSSR count). The highest BCUT2D eigenvalue weighted by molar-refractivity contribution is 5.54. The minimum absolute atomic E-state index is 0.699. The maximum Gasteiger partial charge on any atom is 0.128 e. The van der Waals surface area contributed by atoms with Crippen molar-refractivity contribution in [2.24, 2.45) is 0 Å². The molecule has 0 saturated carbocycles. The minimum Gasteiger partial charge on any atom is -0.241 e. The molecule has 0 aliphatic heterocycles. The predicted octanol–water partition coefficient (Wildman–Crippen LogP) is 5.14. The first-order valence-corrected chi connectivity index (χ1v) is 18.5. The fourth-order valence-corrected chi connectivity index (χ4v) is 7.08. The lowest BCUT2D eigenvalue weighted by Crippen LogP contribution is -2.19.